The van der Waals surface area contributed by atoms with E-state index in [4.69, 9.17) is 4.84 Å². The molecule has 0 aliphatic rings. The van der Waals surface area contributed by atoms with Crippen LogP contribution in [-0.4, -0.2) is 7.11 Å². The van der Waals surface area contributed by atoms with Crippen LogP contribution in [0.15, 0.2) is 24.3 Å². The minimum atomic E-state index is 0.246. The van der Waals surface area contributed by atoms with Gasteiger partial charge >= 0.3 is 0 Å². The van der Waals surface area contributed by atoms with E-state index in [0.717, 1.165) is 6.42 Å². The van der Waals surface area contributed by atoms with Gasteiger partial charge in [0.05, 0.1) is 13.2 Å². The molecule has 0 aromatic heterocycles. The second kappa shape index (κ2) is 5.00. The Kier molecular flexibility index (Phi) is 3.93. The molecule has 0 heterocycles. The van der Waals surface area contributed by atoms with Crippen LogP contribution in [0.3, 0.4) is 0 Å². The van der Waals surface area contributed by atoms with Gasteiger partial charge in [0.25, 0.3) is 0 Å². The fourth-order valence-electron chi connectivity index (χ4n) is 1.29. The molecule has 0 radical (unpaired) electrons. The summed E-state index contributed by atoms with van der Waals surface area (Å²) in [5.41, 5.74) is 5.52. The number of hydrogen-bond acceptors (Lipinski definition) is 2. The summed E-state index contributed by atoms with van der Waals surface area (Å²) < 4.78 is 0. The molecule has 2 nitrogen and oxygen atoms in total. The third kappa shape index (κ3) is 2.83. The van der Waals surface area contributed by atoms with Crippen molar-refractivity contribution in [2.45, 2.75) is 26.3 Å². The molecule has 72 valence electrons. The summed E-state index contributed by atoms with van der Waals surface area (Å²) in [4.78, 5) is 4.86. The molecule has 1 unspecified atom stereocenters. The molecule has 1 N–H and O–H groups in total. The van der Waals surface area contributed by atoms with Crippen molar-refractivity contribution in [1.82, 2.24) is 5.48 Å². The largest absolute Gasteiger partial charge is 0.305 e. The van der Waals surface area contributed by atoms with Gasteiger partial charge < -0.3 is 4.84 Å². The van der Waals surface area contributed by atoms with E-state index in [2.05, 4.69) is 43.6 Å². The maximum Gasteiger partial charge on any atom is 0.0572 e. The summed E-state index contributed by atoms with van der Waals surface area (Å²) in [6, 6.07) is 8.83. The SMILES string of the molecule is CCc1ccc(C(C)NOC)cc1. The number of nitrogens with one attached hydrogen (secondary N) is 1. The van der Waals surface area contributed by atoms with Crippen molar-refractivity contribution < 1.29 is 4.84 Å². The first kappa shape index (κ1) is 10.2. The number of aryl methyl sites for hydroxylation is 1. The van der Waals surface area contributed by atoms with E-state index in [0.29, 0.717) is 0 Å². The summed E-state index contributed by atoms with van der Waals surface area (Å²) in [6.45, 7) is 4.23. The highest BCUT2D eigenvalue weighted by Gasteiger charge is 2.02. The molecular weight excluding hydrogens is 162 g/mol. The lowest BCUT2D eigenvalue weighted by molar-refractivity contribution is 0.0659. The molecule has 0 amide bonds. The normalized spacial score (nSPS) is 12.8. The molecule has 0 bridgehead atoms. The summed E-state index contributed by atoms with van der Waals surface area (Å²) in [5.74, 6) is 0. The Bertz CT molecular complexity index is 243. The Hall–Kier alpha value is -0.860. The summed E-state index contributed by atoms with van der Waals surface area (Å²) in [5, 5.41) is 0. The van der Waals surface area contributed by atoms with Crippen molar-refractivity contribution in [1.29, 1.82) is 0 Å². The Morgan fingerprint density at radius 1 is 1.31 bits per heavy atom. The smallest absolute Gasteiger partial charge is 0.0572 e. The zero-order valence-corrected chi connectivity index (χ0v) is 8.50. The quantitative estimate of drug-likeness (QED) is 0.717. The van der Waals surface area contributed by atoms with Crippen LogP contribution in [0.2, 0.25) is 0 Å². The van der Waals surface area contributed by atoms with Crippen LogP contribution in [0.25, 0.3) is 0 Å². The van der Waals surface area contributed by atoms with Gasteiger partial charge in [-0.1, -0.05) is 31.2 Å². The van der Waals surface area contributed by atoms with Crippen molar-refractivity contribution in [3.63, 3.8) is 0 Å². The van der Waals surface area contributed by atoms with Gasteiger partial charge in [-0.3, -0.25) is 0 Å². The van der Waals surface area contributed by atoms with Gasteiger partial charge in [-0.2, -0.15) is 5.48 Å². The Balaban J connectivity index is 2.67. The summed E-state index contributed by atoms with van der Waals surface area (Å²) >= 11 is 0. The highest BCUT2D eigenvalue weighted by atomic mass is 16.6. The second-order valence-electron chi connectivity index (χ2n) is 3.14. The van der Waals surface area contributed by atoms with E-state index >= 15 is 0 Å². The van der Waals surface area contributed by atoms with Gasteiger partial charge in [0.15, 0.2) is 0 Å². The highest BCUT2D eigenvalue weighted by Crippen LogP contribution is 2.13. The molecule has 0 aliphatic carbocycles. The molecule has 0 fully saturated rings. The summed E-state index contributed by atoms with van der Waals surface area (Å²) in [6.07, 6.45) is 1.09. The third-order valence-electron chi connectivity index (χ3n) is 2.18. The van der Waals surface area contributed by atoms with E-state index in [1.165, 1.54) is 11.1 Å². The van der Waals surface area contributed by atoms with Crippen molar-refractivity contribution in [2.75, 3.05) is 7.11 Å². The predicted molar refractivity (Wildman–Crippen MR) is 54.4 cm³/mol. The highest BCUT2D eigenvalue weighted by molar-refractivity contribution is 5.24. The molecule has 1 aromatic rings. The van der Waals surface area contributed by atoms with E-state index in [1.807, 2.05) is 0 Å². The van der Waals surface area contributed by atoms with E-state index in [1.54, 1.807) is 7.11 Å². The molecule has 1 aromatic carbocycles. The van der Waals surface area contributed by atoms with Crippen LogP contribution in [0, 0.1) is 0 Å². The lowest BCUT2D eigenvalue weighted by atomic mass is 10.1. The minimum absolute atomic E-state index is 0.246. The maximum absolute atomic E-state index is 4.86. The molecule has 13 heavy (non-hydrogen) atoms. The molecular formula is C11H17NO. The number of hydrogen-bond donors (Lipinski definition) is 1. The van der Waals surface area contributed by atoms with Gasteiger partial charge in [-0.15, -0.1) is 0 Å². The van der Waals surface area contributed by atoms with Crippen LogP contribution in [-0.2, 0) is 11.3 Å². The lowest BCUT2D eigenvalue weighted by Crippen LogP contribution is -2.16. The molecule has 0 saturated carbocycles. The molecule has 0 saturated heterocycles. The predicted octanol–water partition coefficient (Wildman–Crippen LogP) is 2.46. The molecule has 1 atom stereocenters. The number of rotatable bonds is 4. The van der Waals surface area contributed by atoms with Crippen molar-refractivity contribution in [3.05, 3.63) is 35.4 Å². The van der Waals surface area contributed by atoms with Gasteiger partial charge in [0.2, 0.25) is 0 Å². The molecule has 1 rings (SSSR count). The van der Waals surface area contributed by atoms with Crippen molar-refractivity contribution >= 4 is 0 Å². The topological polar surface area (TPSA) is 21.3 Å². The van der Waals surface area contributed by atoms with E-state index < -0.39 is 0 Å². The van der Waals surface area contributed by atoms with E-state index in [9.17, 15) is 0 Å². The Labute approximate surface area is 79.9 Å². The third-order valence-corrected chi connectivity index (χ3v) is 2.18. The van der Waals surface area contributed by atoms with Crippen LogP contribution in [0.4, 0.5) is 0 Å². The average Bonchev–Trinajstić information content (AvgIpc) is 2.18. The standard InChI is InChI=1S/C11H17NO/c1-4-10-5-7-11(8-6-10)9(2)12-13-3/h5-9,12H,4H2,1-3H3. The van der Waals surface area contributed by atoms with Gasteiger partial charge in [0, 0.05) is 0 Å². The fraction of sp³-hybridized carbons (Fsp3) is 0.455. The minimum Gasteiger partial charge on any atom is -0.305 e. The zero-order valence-electron chi connectivity index (χ0n) is 8.50. The number of benzene rings is 1. The Morgan fingerprint density at radius 3 is 2.38 bits per heavy atom. The van der Waals surface area contributed by atoms with Crippen molar-refractivity contribution in [3.8, 4) is 0 Å². The van der Waals surface area contributed by atoms with Crippen LogP contribution < -0.4 is 5.48 Å². The Morgan fingerprint density at radius 2 is 1.92 bits per heavy atom. The summed E-state index contributed by atoms with van der Waals surface area (Å²) in [7, 11) is 1.64. The fourth-order valence-corrected chi connectivity index (χ4v) is 1.29. The maximum atomic E-state index is 4.86. The van der Waals surface area contributed by atoms with Crippen LogP contribution in [0.5, 0.6) is 0 Å². The first-order valence-electron chi connectivity index (χ1n) is 4.65. The number of hydroxylamine groups is 1. The lowest BCUT2D eigenvalue weighted by Gasteiger charge is -2.12. The first-order valence-corrected chi connectivity index (χ1v) is 4.65. The van der Waals surface area contributed by atoms with Gasteiger partial charge in [-0.25, -0.2) is 0 Å². The first-order chi connectivity index (χ1) is 6.27. The van der Waals surface area contributed by atoms with Crippen LogP contribution >= 0.6 is 0 Å². The van der Waals surface area contributed by atoms with Crippen molar-refractivity contribution in [2.24, 2.45) is 0 Å². The second-order valence-corrected chi connectivity index (χ2v) is 3.14. The monoisotopic (exact) mass is 179 g/mol. The molecule has 2 heteroatoms. The molecule has 0 aliphatic heterocycles. The average molecular weight is 179 g/mol. The molecule has 0 spiro atoms. The van der Waals surface area contributed by atoms with Gasteiger partial charge in [0.1, 0.15) is 0 Å². The van der Waals surface area contributed by atoms with Crippen LogP contribution in [0.1, 0.15) is 31.0 Å². The van der Waals surface area contributed by atoms with Gasteiger partial charge in [-0.05, 0) is 24.5 Å². The zero-order chi connectivity index (χ0) is 9.68. The van der Waals surface area contributed by atoms with E-state index in [-0.39, 0.29) is 6.04 Å².